The molecule has 1 heterocycles. The van der Waals surface area contributed by atoms with Crippen molar-refractivity contribution in [2.24, 2.45) is 0 Å². The molecule has 1 aromatic carbocycles. The lowest BCUT2D eigenvalue weighted by Gasteiger charge is -2.13. The third-order valence-corrected chi connectivity index (χ3v) is 5.81. The minimum atomic E-state index is -0.506. The molecule has 2 aromatic rings. The summed E-state index contributed by atoms with van der Waals surface area (Å²) < 4.78 is 6.85. The van der Waals surface area contributed by atoms with E-state index >= 15 is 0 Å². The zero-order valence-corrected chi connectivity index (χ0v) is 18.5. The van der Waals surface area contributed by atoms with Crippen molar-refractivity contribution >= 4 is 35.3 Å². The predicted octanol–water partition coefficient (Wildman–Crippen LogP) is 3.03. The van der Waals surface area contributed by atoms with Crippen LogP contribution in [0.4, 0.5) is 4.79 Å². The second kappa shape index (κ2) is 11.6. The Morgan fingerprint density at radius 2 is 2.03 bits per heavy atom. The number of hydrogen-bond acceptors (Lipinski definition) is 7. The summed E-state index contributed by atoms with van der Waals surface area (Å²) in [6.07, 6.45) is 7.69. The Balaban J connectivity index is 1.37. The highest BCUT2D eigenvalue weighted by molar-refractivity contribution is 7.99. The molecule has 1 aliphatic rings. The standard InChI is InChI=1S/C20H25ClN6O3S/c21-15-6-8-16(9-7-15)30-12-17-25-26-20(27(17)22)31-13-18(28)24-19(29)23-11-10-14-4-2-1-3-5-14/h4,6-9H,1-3,5,10-13,22H2,(H2,23,24,28,29). The van der Waals surface area contributed by atoms with E-state index in [-0.39, 0.29) is 12.4 Å². The Hall–Kier alpha value is -2.72. The molecular weight excluding hydrogens is 440 g/mol. The second-order valence-corrected chi connectivity index (χ2v) is 8.34. The van der Waals surface area contributed by atoms with E-state index in [2.05, 4.69) is 26.9 Å². The highest BCUT2D eigenvalue weighted by Crippen LogP contribution is 2.20. The van der Waals surface area contributed by atoms with Gasteiger partial charge in [0, 0.05) is 11.6 Å². The number of carbonyl (C=O) groups excluding carboxylic acids is 2. The number of allylic oxidation sites excluding steroid dienone is 1. The van der Waals surface area contributed by atoms with Gasteiger partial charge < -0.3 is 15.9 Å². The molecule has 3 amide bonds. The number of nitrogen functional groups attached to an aromatic ring is 1. The molecule has 3 rings (SSSR count). The van der Waals surface area contributed by atoms with Crippen LogP contribution >= 0.6 is 23.4 Å². The number of halogens is 1. The maximum atomic E-state index is 12.0. The van der Waals surface area contributed by atoms with Crippen molar-refractivity contribution in [1.29, 1.82) is 0 Å². The molecule has 0 unspecified atom stereocenters. The first-order chi connectivity index (χ1) is 15.0. The molecule has 166 valence electrons. The molecule has 0 saturated carbocycles. The fourth-order valence-electron chi connectivity index (χ4n) is 2.99. The van der Waals surface area contributed by atoms with Gasteiger partial charge in [-0.1, -0.05) is 35.0 Å². The van der Waals surface area contributed by atoms with Gasteiger partial charge in [0.25, 0.3) is 0 Å². The zero-order chi connectivity index (χ0) is 22.1. The fraction of sp³-hybridized carbons (Fsp3) is 0.400. The van der Waals surface area contributed by atoms with E-state index in [0.717, 1.165) is 31.0 Å². The van der Waals surface area contributed by atoms with Gasteiger partial charge in [0.1, 0.15) is 12.4 Å². The summed E-state index contributed by atoms with van der Waals surface area (Å²) in [4.78, 5) is 23.9. The van der Waals surface area contributed by atoms with E-state index in [0.29, 0.717) is 28.3 Å². The number of carbonyl (C=O) groups is 2. The number of urea groups is 1. The van der Waals surface area contributed by atoms with Gasteiger partial charge in [-0.25, -0.2) is 9.47 Å². The van der Waals surface area contributed by atoms with E-state index in [9.17, 15) is 9.59 Å². The van der Waals surface area contributed by atoms with Crippen LogP contribution in [0.1, 0.15) is 37.9 Å². The topological polar surface area (TPSA) is 124 Å². The molecule has 0 bridgehead atoms. The van der Waals surface area contributed by atoms with Crippen molar-refractivity contribution in [3.63, 3.8) is 0 Å². The van der Waals surface area contributed by atoms with Gasteiger partial charge in [0.2, 0.25) is 11.1 Å². The summed E-state index contributed by atoms with van der Waals surface area (Å²) in [5, 5.41) is 13.9. The third-order valence-electron chi connectivity index (χ3n) is 4.62. The van der Waals surface area contributed by atoms with E-state index < -0.39 is 11.9 Å². The van der Waals surface area contributed by atoms with E-state index in [1.165, 1.54) is 23.1 Å². The number of aromatic nitrogens is 3. The Labute approximate surface area is 189 Å². The van der Waals surface area contributed by atoms with Crippen LogP contribution in [0.2, 0.25) is 5.02 Å². The van der Waals surface area contributed by atoms with Crippen LogP contribution in [0, 0.1) is 0 Å². The first kappa shape index (κ1) is 23.0. The van der Waals surface area contributed by atoms with Gasteiger partial charge in [-0.2, -0.15) is 0 Å². The Kier molecular flexibility index (Phi) is 8.60. The lowest BCUT2D eigenvalue weighted by atomic mass is 9.97. The van der Waals surface area contributed by atoms with Gasteiger partial charge in [-0.3, -0.25) is 10.1 Å². The number of ether oxygens (including phenoxy) is 1. The first-order valence-corrected chi connectivity index (χ1v) is 11.3. The van der Waals surface area contributed by atoms with Crippen LogP contribution < -0.4 is 21.2 Å². The largest absolute Gasteiger partial charge is 0.486 e. The molecule has 1 aromatic heterocycles. The average Bonchev–Trinajstić information content (AvgIpc) is 3.12. The van der Waals surface area contributed by atoms with Crippen molar-refractivity contribution in [2.45, 2.75) is 43.9 Å². The van der Waals surface area contributed by atoms with Crippen LogP contribution in [0.25, 0.3) is 0 Å². The molecule has 0 saturated heterocycles. The highest BCUT2D eigenvalue weighted by atomic mass is 35.5. The molecular formula is C20H25ClN6O3S. The number of benzene rings is 1. The predicted molar refractivity (Wildman–Crippen MR) is 119 cm³/mol. The van der Waals surface area contributed by atoms with Crippen LogP contribution in [-0.2, 0) is 11.4 Å². The van der Waals surface area contributed by atoms with E-state index in [4.69, 9.17) is 22.2 Å². The molecule has 1 aliphatic carbocycles. The van der Waals surface area contributed by atoms with Crippen LogP contribution in [-0.4, -0.2) is 39.1 Å². The summed E-state index contributed by atoms with van der Waals surface area (Å²) in [5.74, 6) is 6.52. The van der Waals surface area contributed by atoms with Crippen molar-refractivity contribution in [3.8, 4) is 5.75 Å². The molecule has 0 fully saturated rings. The zero-order valence-electron chi connectivity index (χ0n) is 17.0. The SMILES string of the molecule is Nn1c(COc2ccc(Cl)cc2)nnc1SCC(=O)NC(=O)NCCC1=CCCCC1. The molecule has 0 radical (unpaired) electrons. The van der Waals surface area contributed by atoms with Crippen LogP contribution in [0.5, 0.6) is 5.75 Å². The number of nitrogens with zero attached hydrogens (tertiary/aromatic N) is 3. The maximum Gasteiger partial charge on any atom is 0.321 e. The van der Waals surface area contributed by atoms with Gasteiger partial charge in [0.15, 0.2) is 5.82 Å². The number of nitrogens with one attached hydrogen (secondary N) is 2. The quantitative estimate of drug-likeness (QED) is 0.296. The smallest absolute Gasteiger partial charge is 0.321 e. The fourth-order valence-corrected chi connectivity index (χ4v) is 3.79. The monoisotopic (exact) mass is 464 g/mol. The second-order valence-electron chi connectivity index (χ2n) is 6.96. The minimum Gasteiger partial charge on any atom is -0.486 e. The lowest BCUT2D eigenvalue weighted by molar-refractivity contribution is -0.117. The highest BCUT2D eigenvalue weighted by Gasteiger charge is 2.14. The summed E-state index contributed by atoms with van der Waals surface area (Å²) in [5.41, 5.74) is 1.37. The first-order valence-electron chi connectivity index (χ1n) is 9.97. The van der Waals surface area contributed by atoms with E-state index in [1.807, 2.05) is 0 Å². The average molecular weight is 465 g/mol. The van der Waals surface area contributed by atoms with Crippen molar-refractivity contribution in [1.82, 2.24) is 25.5 Å². The number of nitrogens with two attached hydrogens (primary N) is 1. The maximum absolute atomic E-state index is 12.0. The van der Waals surface area contributed by atoms with Crippen molar-refractivity contribution in [3.05, 3.63) is 46.8 Å². The molecule has 0 atom stereocenters. The van der Waals surface area contributed by atoms with Crippen LogP contribution in [0.15, 0.2) is 41.1 Å². The van der Waals surface area contributed by atoms with Crippen molar-refractivity contribution in [2.75, 3.05) is 18.1 Å². The lowest BCUT2D eigenvalue weighted by Crippen LogP contribution is -2.40. The molecule has 4 N–H and O–H groups in total. The van der Waals surface area contributed by atoms with Gasteiger partial charge in [0.05, 0.1) is 5.75 Å². The van der Waals surface area contributed by atoms with Gasteiger partial charge >= 0.3 is 6.03 Å². The minimum absolute atomic E-state index is 0.0219. The summed E-state index contributed by atoms with van der Waals surface area (Å²) >= 11 is 6.92. The summed E-state index contributed by atoms with van der Waals surface area (Å²) in [6.45, 7) is 0.614. The number of rotatable bonds is 9. The Morgan fingerprint density at radius 3 is 2.77 bits per heavy atom. The Bertz CT molecular complexity index is 931. The summed E-state index contributed by atoms with van der Waals surface area (Å²) in [7, 11) is 0. The number of thioether (sulfide) groups is 1. The normalized spacial score (nSPS) is 13.4. The van der Waals surface area contributed by atoms with E-state index in [1.54, 1.807) is 24.3 Å². The summed E-state index contributed by atoms with van der Waals surface area (Å²) in [6, 6.07) is 6.39. The number of imide groups is 1. The van der Waals surface area contributed by atoms with Crippen LogP contribution in [0.3, 0.4) is 0 Å². The molecule has 31 heavy (non-hydrogen) atoms. The van der Waals surface area contributed by atoms with Gasteiger partial charge in [-0.15, -0.1) is 10.2 Å². The molecule has 9 nitrogen and oxygen atoms in total. The molecule has 11 heteroatoms. The van der Waals surface area contributed by atoms with Gasteiger partial charge in [-0.05, 0) is 56.4 Å². The number of hydrogen-bond donors (Lipinski definition) is 3. The molecule has 0 aliphatic heterocycles. The number of amides is 3. The Morgan fingerprint density at radius 1 is 1.23 bits per heavy atom. The van der Waals surface area contributed by atoms with Crippen molar-refractivity contribution < 1.29 is 14.3 Å². The molecule has 0 spiro atoms. The third kappa shape index (κ3) is 7.48.